The number of carboxylic acid groups (broad SMARTS) is 1. The summed E-state index contributed by atoms with van der Waals surface area (Å²) in [6, 6.07) is 31.5. The minimum atomic E-state index is -1.26. The van der Waals surface area contributed by atoms with E-state index >= 15 is 0 Å². The molecule has 0 aliphatic carbocycles. The van der Waals surface area contributed by atoms with E-state index in [4.69, 9.17) is 14.2 Å². The molecule has 234 valence electrons. The maximum atomic E-state index is 13.2. The van der Waals surface area contributed by atoms with E-state index in [2.05, 4.69) is 10.6 Å². The van der Waals surface area contributed by atoms with Gasteiger partial charge in [0.25, 0.3) is 0 Å². The molecule has 4 rings (SSSR count). The monoisotopic (exact) mass is 610 g/mol. The zero-order valence-corrected chi connectivity index (χ0v) is 25.3. The molecular weight excluding hydrogens is 572 g/mol. The van der Waals surface area contributed by atoms with Gasteiger partial charge in [-0.05, 0) is 40.3 Å². The Balaban J connectivity index is 1.44. The zero-order valence-electron chi connectivity index (χ0n) is 25.3. The van der Waals surface area contributed by atoms with Crippen LogP contribution in [0.4, 0.5) is 4.79 Å². The Morgan fingerprint density at radius 3 is 1.67 bits per heavy atom. The summed E-state index contributed by atoms with van der Waals surface area (Å²) < 4.78 is 17.4. The van der Waals surface area contributed by atoms with Gasteiger partial charge in [-0.3, -0.25) is 4.79 Å². The highest BCUT2D eigenvalue weighted by Gasteiger charge is 2.29. The van der Waals surface area contributed by atoms with Crippen molar-refractivity contribution in [1.82, 2.24) is 10.6 Å². The van der Waals surface area contributed by atoms with Crippen molar-refractivity contribution in [3.05, 3.63) is 131 Å². The van der Waals surface area contributed by atoms with Crippen LogP contribution in [0.25, 0.3) is 0 Å². The number of amides is 2. The number of alkyl carbamates (subject to hydrolysis) is 1. The molecule has 0 heterocycles. The van der Waals surface area contributed by atoms with E-state index in [1.54, 1.807) is 32.0 Å². The van der Waals surface area contributed by atoms with E-state index in [9.17, 15) is 19.5 Å². The summed E-state index contributed by atoms with van der Waals surface area (Å²) in [5, 5.41) is 15.2. The summed E-state index contributed by atoms with van der Waals surface area (Å²) >= 11 is 0. The number of carboxylic acids is 1. The van der Waals surface area contributed by atoms with Crippen molar-refractivity contribution in [2.45, 2.75) is 52.2 Å². The molecule has 9 nitrogen and oxygen atoms in total. The molecule has 0 fully saturated rings. The van der Waals surface area contributed by atoms with Gasteiger partial charge in [0, 0.05) is 6.42 Å². The Labute approximate surface area is 263 Å². The van der Waals surface area contributed by atoms with Gasteiger partial charge in [0.15, 0.2) is 11.5 Å². The predicted octanol–water partition coefficient (Wildman–Crippen LogP) is 5.91. The molecule has 0 aliphatic heterocycles. The van der Waals surface area contributed by atoms with Crippen LogP contribution in [0.2, 0.25) is 0 Å². The molecule has 0 spiro atoms. The van der Waals surface area contributed by atoms with E-state index in [1.165, 1.54) is 0 Å². The normalized spacial score (nSPS) is 12.1. The molecule has 9 heteroatoms. The molecule has 4 aromatic rings. The number of aliphatic carboxylic acids is 1. The summed E-state index contributed by atoms with van der Waals surface area (Å²) in [5.41, 5.74) is 3.37. The zero-order chi connectivity index (χ0) is 32.0. The van der Waals surface area contributed by atoms with Crippen molar-refractivity contribution in [3.63, 3.8) is 0 Å². The second-order valence-electron chi connectivity index (χ2n) is 10.9. The number of hydrogen-bond donors (Lipinski definition) is 3. The number of carbonyl (C=O) groups excluding carboxylic acids is 2. The lowest BCUT2D eigenvalue weighted by Crippen LogP contribution is -2.54. The number of hydrogen-bond acceptors (Lipinski definition) is 6. The third-order valence-corrected chi connectivity index (χ3v) is 6.97. The third-order valence-electron chi connectivity index (χ3n) is 6.97. The van der Waals surface area contributed by atoms with Crippen molar-refractivity contribution in [1.29, 1.82) is 0 Å². The minimum Gasteiger partial charge on any atom is -0.485 e. The Hall–Kier alpha value is -5.31. The van der Waals surface area contributed by atoms with Crippen LogP contribution in [-0.4, -0.2) is 35.2 Å². The average Bonchev–Trinajstić information content (AvgIpc) is 3.05. The van der Waals surface area contributed by atoms with Gasteiger partial charge in [0.05, 0.1) is 0 Å². The SMILES string of the molecule is CC(C)[C@H](NC(=O)OCc1ccccc1)C(=O)N[C@@H](Cc1ccc(OCc2ccccc2)c(OCc2ccccc2)c1)C(=O)O. The van der Waals surface area contributed by atoms with Crippen molar-refractivity contribution in [3.8, 4) is 11.5 Å². The van der Waals surface area contributed by atoms with Crippen molar-refractivity contribution < 1.29 is 33.7 Å². The van der Waals surface area contributed by atoms with E-state index in [1.807, 2.05) is 91.0 Å². The third kappa shape index (κ3) is 10.4. The quantitative estimate of drug-likeness (QED) is 0.153. The summed E-state index contributed by atoms with van der Waals surface area (Å²) in [4.78, 5) is 37.9. The van der Waals surface area contributed by atoms with Gasteiger partial charge in [-0.1, -0.05) is 111 Å². The fourth-order valence-electron chi connectivity index (χ4n) is 4.51. The molecule has 45 heavy (non-hydrogen) atoms. The van der Waals surface area contributed by atoms with Crippen LogP contribution in [0.5, 0.6) is 11.5 Å². The van der Waals surface area contributed by atoms with Gasteiger partial charge in [-0.2, -0.15) is 0 Å². The first-order valence-corrected chi connectivity index (χ1v) is 14.7. The maximum absolute atomic E-state index is 13.2. The highest BCUT2D eigenvalue weighted by atomic mass is 16.5. The molecule has 2 atom stereocenters. The molecule has 0 aliphatic rings. The topological polar surface area (TPSA) is 123 Å². The van der Waals surface area contributed by atoms with Gasteiger partial charge in [-0.15, -0.1) is 0 Å². The summed E-state index contributed by atoms with van der Waals surface area (Å²) in [6.45, 7) is 4.15. The molecular formula is C36H38N2O7. The van der Waals surface area contributed by atoms with Gasteiger partial charge in [0.1, 0.15) is 31.9 Å². The van der Waals surface area contributed by atoms with E-state index in [0.717, 1.165) is 16.7 Å². The molecule has 3 N–H and O–H groups in total. The largest absolute Gasteiger partial charge is 0.485 e. The van der Waals surface area contributed by atoms with E-state index < -0.39 is 30.1 Å². The van der Waals surface area contributed by atoms with Crippen LogP contribution in [0, 0.1) is 5.92 Å². The molecule has 0 saturated carbocycles. The van der Waals surface area contributed by atoms with Crippen LogP contribution >= 0.6 is 0 Å². The molecule has 0 unspecified atom stereocenters. The number of benzene rings is 4. The van der Waals surface area contributed by atoms with Crippen molar-refractivity contribution >= 4 is 18.0 Å². The van der Waals surface area contributed by atoms with Crippen LogP contribution in [0.1, 0.15) is 36.1 Å². The van der Waals surface area contributed by atoms with Crippen molar-refractivity contribution in [2.75, 3.05) is 0 Å². The Bertz CT molecular complexity index is 1530. The first-order valence-electron chi connectivity index (χ1n) is 14.7. The fourth-order valence-corrected chi connectivity index (χ4v) is 4.51. The Morgan fingerprint density at radius 2 is 1.16 bits per heavy atom. The molecule has 0 aromatic heterocycles. The highest BCUT2D eigenvalue weighted by Crippen LogP contribution is 2.31. The number of carbonyl (C=O) groups is 3. The standard InChI is InChI=1S/C36H38N2O7/c1-25(2)33(38-36(42)45-24-28-16-10-5-11-17-28)34(39)37-30(35(40)41)20-29-18-19-31(43-22-26-12-6-3-7-13-26)32(21-29)44-23-27-14-8-4-9-15-27/h3-19,21,25,30,33H,20,22-24H2,1-2H3,(H,37,39)(H,38,42)(H,40,41)/t30-,33-/m0/s1. The summed E-state index contributed by atoms with van der Waals surface area (Å²) in [6.07, 6.45) is -0.795. The average molecular weight is 611 g/mol. The lowest BCUT2D eigenvalue weighted by Gasteiger charge is -2.24. The van der Waals surface area contributed by atoms with Crippen LogP contribution < -0.4 is 20.1 Å². The lowest BCUT2D eigenvalue weighted by atomic mass is 10.0. The highest BCUT2D eigenvalue weighted by molar-refractivity contribution is 5.89. The second kappa shape index (κ2) is 16.5. The van der Waals surface area contributed by atoms with E-state index in [-0.39, 0.29) is 25.6 Å². The fraction of sp³-hybridized carbons (Fsp3) is 0.250. The molecule has 4 aromatic carbocycles. The first-order chi connectivity index (χ1) is 21.8. The molecule has 0 radical (unpaired) electrons. The number of ether oxygens (including phenoxy) is 3. The van der Waals surface area contributed by atoms with Gasteiger partial charge >= 0.3 is 12.1 Å². The van der Waals surface area contributed by atoms with Crippen LogP contribution in [0.3, 0.4) is 0 Å². The Kier molecular flexibility index (Phi) is 12.0. The smallest absolute Gasteiger partial charge is 0.408 e. The van der Waals surface area contributed by atoms with Gasteiger partial charge in [-0.25, -0.2) is 9.59 Å². The summed E-state index contributed by atoms with van der Waals surface area (Å²) in [7, 11) is 0. The lowest BCUT2D eigenvalue weighted by molar-refractivity contribution is -0.142. The number of rotatable bonds is 15. The van der Waals surface area contributed by atoms with Gasteiger partial charge < -0.3 is 30.0 Å². The van der Waals surface area contributed by atoms with Crippen molar-refractivity contribution in [2.24, 2.45) is 5.92 Å². The Morgan fingerprint density at radius 1 is 0.644 bits per heavy atom. The molecule has 2 amide bonds. The molecule has 0 saturated heterocycles. The first kappa shape index (κ1) is 32.6. The van der Waals surface area contributed by atoms with Gasteiger partial charge in [0.2, 0.25) is 5.91 Å². The maximum Gasteiger partial charge on any atom is 0.408 e. The van der Waals surface area contributed by atoms with Crippen LogP contribution in [0.15, 0.2) is 109 Å². The second-order valence-corrected chi connectivity index (χ2v) is 10.9. The summed E-state index contributed by atoms with van der Waals surface area (Å²) in [5.74, 6) is -1.22. The van der Waals surface area contributed by atoms with E-state index in [0.29, 0.717) is 23.7 Å². The minimum absolute atomic E-state index is 0.0228. The molecule has 0 bridgehead atoms. The predicted molar refractivity (Wildman–Crippen MR) is 170 cm³/mol. The van der Waals surface area contributed by atoms with Crippen LogP contribution in [-0.2, 0) is 40.6 Å². The number of nitrogens with one attached hydrogen (secondary N) is 2.